The summed E-state index contributed by atoms with van der Waals surface area (Å²) in [6, 6.07) is 0. The highest BCUT2D eigenvalue weighted by Gasteiger charge is 2.46. The highest BCUT2D eigenvalue weighted by Crippen LogP contribution is 2.49. The standard InChI is InChI=1S/C20H42O/c1-7-13-14-15-16-17-18-19(8-2,9-3)20(10-4,11-5)21-12-6/h7-18H2,1-6H3. The van der Waals surface area contributed by atoms with E-state index in [0.717, 1.165) is 19.4 Å². The Labute approximate surface area is 135 Å². The van der Waals surface area contributed by atoms with Gasteiger partial charge in [-0.3, -0.25) is 0 Å². The first-order chi connectivity index (χ1) is 10.1. The van der Waals surface area contributed by atoms with Crippen LogP contribution in [0, 0.1) is 5.41 Å². The Morgan fingerprint density at radius 2 is 1.14 bits per heavy atom. The molecule has 0 amide bonds. The van der Waals surface area contributed by atoms with Crippen LogP contribution in [-0.4, -0.2) is 12.2 Å². The summed E-state index contributed by atoms with van der Waals surface area (Å²) < 4.78 is 6.37. The molecule has 0 radical (unpaired) electrons. The molecule has 0 saturated heterocycles. The molecule has 0 aromatic heterocycles. The topological polar surface area (TPSA) is 9.23 Å². The molecule has 0 atom stereocenters. The Kier molecular flexibility index (Phi) is 11.5. The quantitative estimate of drug-likeness (QED) is 0.310. The van der Waals surface area contributed by atoms with Crippen LogP contribution in [-0.2, 0) is 4.74 Å². The first-order valence-corrected chi connectivity index (χ1v) is 9.75. The van der Waals surface area contributed by atoms with Gasteiger partial charge in [0.2, 0.25) is 0 Å². The molecule has 0 aromatic carbocycles. The summed E-state index contributed by atoms with van der Waals surface area (Å²) in [5, 5.41) is 0. The molecule has 0 N–H and O–H groups in total. The van der Waals surface area contributed by atoms with E-state index < -0.39 is 0 Å². The first kappa shape index (κ1) is 21.0. The van der Waals surface area contributed by atoms with Gasteiger partial charge in [0.05, 0.1) is 5.60 Å². The second-order valence-corrected chi connectivity index (χ2v) is 6.64. The van der Waals surface area contributed by atoms with Crippen LogP contribution in [0.3, 0.4) is 0 Å². The van der Waals surface area contributed by atoms with Crippen LogP contribution in [0.1, 0.15) is 112 Å². The monoisotopic (exact) mass is 298 g/mol. The van der Waals surface area contributed by atoms with E-state index in [4.69, 9.17) is 4.74 Å². The number of ether oxygens (including phenoxy) is 1. The zero-order valence-electron chi connectivity index (χ0n) is 15.9. The molecule has 0 rings (SSSR count). The minimum atomic E-state index is 0.0919. The van der Waals surface area contributed by atoms with Crippen molar-refractivity contribution in [2.75, 3.05) is 6.61 Å². The van der Waals surface area contributed by atoms with E-state index in [1.807, 2.05) is 0 Å². The van der Waals surface area contributed by atoms with E-state index >= 15 is 0 Å². The van der Waals surface area contributed by atoms with Gasteiger partial charge < -0.3 is 4.74 Å². The summed E-state index contributed by atoms with van der Waals surface area (Å²) in [5.41, 5.74) is 0.464. The van der Waals surface area contributed by atoms with Crippen molar-refractivity contribution in [3.05, 3.63) is 0 Å². The lowest BCUT2D eigenvalue weighted by Crippen LogP contribution is -2.49. The maximum atomic E-state index is 6.37. The van der Waals surface area contributed by atoms with Crippen LogP contribution in [0.25, 0.3) is 0 Å². The highest BCUT2D eigenvalue weighted by atomic mass is 16.5. The molecule has 0 saturated carbocycles. The molecular weight excluding hydrogens is 256 g/mol. The van der Waals surface area contributed by atoms with Crippen molar-refractivity contribution in [1.82, 2.24) is 0 Å². The number of unbranched alkanes of at least 4 members (excludes halogenated alkanes) is 5. The maximum Gasteiger partial charge on any atom is 0.0732 e. The van der Waals surface area contributed by atoms with Gasteiger partial charge in [-0.15, -0.1) is 0 Å². The molecule has 0 aromatic rings. The number of hydrogen-bond acceptors (Lipinski definition) is 1. The summed E-state index contributed by atoms with van der Waals surface area (Å²) in [6.45, 7) is 14.7. The summed E-state index contributed by atoms with van der Waals surface area (Å²) in [4.78, 5) is 0. The van der Waals surface area contributed by atoms with E-state index in [-0.39, 0.29) is 5.60 Å². The minimum Gasteiger partial charge on any atom is -0.375 e. The van der Waals surface area contributed by atoms with Gasteiger partial charge in [0.1, 0.15) is 0 Å². The molecule has 1 nitrogen and oxygen atoms in total. The molecular formula is C20H42O. The lowest BCUT2D eigenvalue weighted by atomic mass is 9.62. The molecule has 0 aliphatic heterocycles. The molecule has 128 valence electrons. The van der Waals surface area contributed by atoms with E-state index in [2.05, 4.69) is 41.5 Å². The van der Waals surface area contributed by atoms with Gasteiger partial charge in [-0.2, -0.15) is 0 Å². The van der Waals surface area contributed by atoms with Gasteiger partial charge >= 0.3 is 0 Å². The molecule has 0 spiro atoms. The third-order valence-electron chi connectivity index (χ3n) is 5.89. The Morgan fingerprint density at radius 1 is 0.619 bits per heavy atom. The predicted octanol–water partition coefficient (Wildman–Crippen LogP) is 7.14. The maximum absolute atomic E-state index is 6.37. The lowest BCUT2D eigenvalue weighted by Gasteiger charge is -2.50. The molecule has 0 unspecified atom stereocenters. The van der Waals surface area contributed by atoms with Crippen LogP contribution in [0.15, 0.2) is 0 Å². The zero-order chi connectivity index (χ0) is 16.2. The highest BCUT2D eigenvalue weighted by molar-refractivity contribution is 4.97. The van der Waals surface area contributed by atoms with Gasteiger partial charge in [0.25, 0.3) is 0 Å². The van der Waals surface area contributed by atoms with Gasteiger partial charge in [-0.25, -0.2) is 0 Å². The van der Waals surface area contributed by atoms with Crippen molar-refractivity contribution in [3.8, 4) is 0 Å². The Hall–Kier alpha value is -0.0400. The third-order valence-corrected chi connectivity index (χ3v) is 5.89. The van der Waals surface area contributed by atoms with Crippen molar-refractivity contribution in [3.63, 3.8) is 0 Å². The largest absolute Gasteiger partial charge is 0.375 e. The first-order valence-electron chi connectivity index (χ1n) is 9.75. The second-order valence-electron chi connectivity index (χ2n) is 6.64. The molecule has 0 aliphatic carbocycles. The predicted molar refractivity (Wildman–Crippen MR) is 95.9 cm³/mol. The van der Waals surface area contributed by atoms with Crippen molar-refractivity contribution < 1.29 is 4.74 Å². The van der Waals surface area contributed by atoms with Gasteiger partial charge in [-0.1, -0.05) is 73.1 Å². The molecule has 1 heteroatoms. The zero-order valence-corrected chi connectivity index (χ0v) is 15.9. The Balaban J connectivity index is 4.72. The smallest absolute Gasteiger partial charge is 0.0732 e. The fourth-order valence-electron chi connectivity index (χ4n) is 4.35. The Morgan fingerprint density at radius 3 is 1.57 bits per heavy atom. The minimum absolute atomic E-state index is 0.0919. The Bertz CT molecular complexity index is 226. The average Bonchev–Trinajstić information content (AvgIpc) is 2.53. The van der Waals surface area contributed by atoms with Crippen molar-refractivity contribution >= 4 is 0 Å². The number of hydrogen-bond donors (Lipinski definition) is 0. The van der Waals surface area contributed by atoms with Crippen LogP contribution in [0.4, 0.5) is 0 Å². The SMILES string of the molecule is CCCCCCCCC(CC)(CC)C(CC)(CC)OCC. The fraction of sp³-hybridized carbons (Fsp3) is 1.00. The van der Waals surface area contributed by atoms with E-state index in [1.165, 1.54) is 57.8 Å². The van der Waals surface area contributed by atoms with Gasteiger partial charge in [0, 0.05) is 6.61 Å². The molecule has 0 fully saturated rings. The molecule has 0 aliphatic rings. The van der Waals surface area contributed by atoms with E-state index in [0.29, 0.717) is 5.41 Å². The van der Waals surface area contributed by atoms with Gasteiger partial charge in [-0.05, 0) is 44.4 Å². The summed E-state index contributed by atoms with van der Waals surface area (Å²) >= 11 is 0. The van der Waals surface area contributed by atoms with Crippen LogP contribution < -0.4 is 0 Å². The van der Waals surface area contributed by atoms with Crippen LogP contribution in [0.2, 0.25) is 0 Å². The van der Waals surface area contributed by atoms with E-state index in [9.17, 15) is 0 Å². The van der Waals surface area contributed by atoms with Crippen molar-refractivity contribution in [2.45, 2.75) is 118 Å². The fourth-order valence-corrected chi connectivity index (χ4v) is 4.35. The molecule has 0 heterocycles. The van der Waals surface area contributed by atoms with Crippen molar-refractivity contribution in [1.29, 1.82) is 0 Å². The summed E-state index contributed by atoms with van der Waals surface area (Å²) in [7, 11) is 0. The molecule has 0 bridgehead atoms. The normalized spacial score (nSPS) is 12.9. The summed E-state index contributed by atoms with van der Waals surface area (Å²) in [6.07, 6.45) is 14.5. The van der Waals surface area contributed by atoms with E-state index in [1.54, 1.807) is 0 Å². The lowest BCUT2D eigenvalue weighted by molar-refractivity contribution is -0.146. The third kappa shape index (κ3) is 5.58. The number of rotatable bonds is 14. The van der Waals surface area contributed by atoms with Gasteiger partial charge in [0.15, 0.2) is 0 Å². The van der Waals surface area contributed by atoms with Crippen LogP contribution in [0.5, 0.6) is 0 Å². The average molecular weight is 299 g/mol. The summed E-state index contributed by atoms with van der Waals surface area (Å²) in [5.74, 6) is 0. The second kappa shape index (κ2) is 11.5. The van der Waals surface area contributed by atoms with Crippen molar-refractivity contribution in [2.24, 2.45) is 5.41 Å². The van der Waals surface area contributed by atoms with Crippen LogP contribution >= 0.6 is 0 Å². The molecule has 21 heavy (non-hydrogen) atoms.